The zero-order chi connectivity index (χ0) is 12.4. The van der Waals surface area contributed by atoms with Gasteiger partial charge in [-0.25, -0.2) is 4.79 Å². The van der Waals surface area contributed by atoms with E-state index >= 15 is 0 Å². The van der Waals surface area contributed by atoms with Crippen molar-refractivity contribution in [1.82, 2.24) is 0 Å². The molecule has 0 radical (unpaired) electrons. The van der Waals surface area contributed by atoms with E-state index in [0.717, 1.165) is 6.42 Å². The molecule has 17 heavy (non-hydrogen) atoms. The number of ketones is 1. The van der Waals surface area contributed by atoms with Crippen LogP contribution in [0.2, 0.25) is 0 Å². The molecule has 90 valence electrons. The number of fused-ring (bicyclic) bond motifs is 1. The van der Waals surface area contributed by atoms with E-state index in [2.05, 4.69) is 0 Å². The summed E-state index contributed by atoms with van der Waals surface area (Å²) < 4.78 is 10.9. The molecule has 0 saturated heterocycles. The number of ether oxygens (including phenoxy) is 2. The van der Waals surface area contributed by atoms with Crippen molar-refractivity contribution in [2.75, 3.05) is 13.2 Å². The Kier molecular flexibility index (Phi) is 2.99. The predicted octanol–water partition coefficient (Wildman–Crippen LogP) is 1.42. The molecule has 0 saturated carbocycles. The summed E-state index contributed by atoms with van der Waals surface area (Å²) in [7, 11) is 0. The molecule has 5 nitrogen and oxygen atoms in total. The van der Waals surface area contributed by atoms with Gasteiger partial charge in [0.15, 0.2) is 11.5 Å². The lowest BCUT2D eigenvalue weighted by molar-refractivity contribution is -0.131. The van der Waals surface area contributed by atoms with Crippen LogP contribution in [0.3, 0.4) is 0 Å². The number of aliphatic carboxylic acids is 1. The third-order valence-electron chi connectivity index (χ3n) is 2.49. The summed E-state index contributed by atoms with van der Waals surface area (Å²) in [6.45, 7) is 2.81. The molecular formula is C12H12O5. The lowest BCUT2D eigenvalue weighted by atomic mass is 10.1. The minimum Gasteiger partial charge on any atom is -0.490 e. The van der Waals surface area contributed by atoms with Crippen molar-refractivity contribution in [3.63, 3.8) is 0 Å². The van der Waals surface area contributed by atoms with Gasteiger partial charge >= 0.3 is 5.97 Å². The van der Waals surface area contributed by atoms with Gasteiger partial charge in [0.2, 0.25) is 0 Å². The minimum atomic E-state index is -1.47. The first-order chi connectivity index (χ1) is 8.09. The zero-order valence-electron chi connectivity index (χ0n) is 9.36. The number of hydrogen-bond donors (Lipinski definition) is 1. The number of hydrogen-bond acceptors (Lipinski definition) is 4. The van der Waals surface area contributed by atoms with Crippen LogP contribution >= 0.6 is 0 Å². The SMILES string of the molecule is Cc1cc(C(=O)C(=O)O)cc2c1OCCCO2. The third-order valence-corrected chi connectivity index (χ3v) is 2.49. The number of aryl methyl sites for hydroxylation is 1. The molecule has 1 aromatic rings. The molecule has 0 spiro atoms. The van der Waals surface area contributed by atoms with E-state index in [1.165, 1.54) is 12.1 Å². The monoisotopic (exact) mass is 236 g/mol. The van der Waals surface area contributed by atoms with Gasteiger partial charge in [0.1, 0.15) is 0 Å². The summed E-state index contributed by atoms with van der Waals surface area (Å²) in [5, 5.41) is 8.66. The highest BCUT2D eigenvalue weighted by atomic mass is 16.5. The van der Waals surface area contributed by atoms with Gasteiger partial charge in [-0.15, -0.1) is 0 Å². The summed E-state index contributed by atoms with van der Waals surface area (Å²) in [6.07, 6.45) is 0.760. The number of carbonyl (C=O) groups is 2. The summed E-state index contributed by atoms with van der Waals surface area (Å²) in [6, 6.07) is 2.92. The Hall–Kier alpha value is -2.04. The highest BCUT2D eigenvalue weighted by Crippen LogP contribution is 2.34. The van der Waals surface area contributed by atoms with Crippen LogP contribution in [0.25, 0.3) is 0 Å². The van der Waals surface area contributed by atoms with Gasteiger partial charge in [-0.2, -0.15) is 0 Å². The van der Waals surface area contributed by atoms with Gasteiger partial charge in [0, 0.05) is 12.0 Å². The maximum absolute atomic E-state index is 11.4. The van der Waals surface area contributed by atoms with E-state index < -0.39 is 11.8 Å². The van der Waals surface area contributed by atoms with Gasteiger partial charge in [-0.05, 0) is 24.6 Å². The predicted molar refractivity (Wildman–Crippen MR) is 58.8 cm³/mol. The number of carboxylic acids is 1. The minimum absolute atomic E-state index is 0.110. The molecule has 0 fully saturated rings. The average molecular weight is 236 g/mol. The summed E-state index contributed by atoms with van der Waals surface area (Å²) in [5.74, 6) is -1.39. The first-order valence-corrected chi connectivity index (χ1v) is 5.27. The molecule has 5 heteroatoms. The Labute approximate surface area is 98.0 Å². The van der Waals surface area contributed by atoms with Gasteiger partial charge in [0.05, 0.1) is 13.2 Å². The molecular weight excluding hydrogens is 224 g/mol. The molecule has 0 bridgehead atoms. The molecule has 0 atom stereocenters. The standard InChI is InChI=1S/C12H12O5/c1-7-5-8(10(13)12(14)15)6-9-11(7)17-4-2-3-16-9/h5-6H,2-4H2,1H3,(H,14,15). The van der Waals surface area contributed by atoms with E-state index in [4.69, 9.17) is 14.6 Å². The molecule has 2 rings (SSSR count). The normalized spacial score (nSPS) is 13.9. The van der Waals surface area contributed by atoms with E-state index in [9.17, 15) is 9.59 Å². The largest absolute Gasteiger partial charge is 0.490 e. The molecule has 1 aliphatic heterocycles. The maximum Gasteiger partial charge on any atom is 0.377 e. The van der Waals surface area contributed by atoms with Crippen LogP contribution in [-0.4, -0.2) is 30.1 Å². The topological polar surface area (TPSA) is 72.8 Å². The van der Waals surface area contributed by atoms with Crippen molar-refractivity contribution in [3.8, 4) is 11.5 Å². The number of Topliss-reactive ketones (excluding diaryl/α,β-unsaturated/α-hetero) is 1. The van der Waals surface area contributed by atoms with Crippen molar-refractivity contribution in [1.29, 1.82) is 0 Å². The molecule has 0 aliphatic carbocycles. The van der Waals surface area contributed by atoms with Crippen LogP contribution in [-0.2, 0) is 4.79 Å². The van der Waals surface area contributed by atoms with Crippen molar-refractivity contribution < 1.29 is 24.2 Å². The zero-order valence-corrected chi connectivity index (χ0v) is 9.36. The van der Waals surface area contributed by atoms with Crippen LogP contribution in [0.15, 0.2) is 12.1 Å². The lowest BCUT2D eigenvalue weighted by Crippen LogP contribution is -2.13. The number of benzene rings is 1. The first kappa shape index (κ1) is 11.4. The van der Waals surface area contributed by atoms with Gasteiger partial charge in [0.25, 0.3) is 5.78 Å². The van der Waals surface area contributed by atoms with Gasteiger partial charge < -0.3 is 14.6 Å². The van der Waals surface area contributed by atoms with Crippen molar-refractivity contribution in [3.05, 3.63) is 23.3 Å². The van der Waals surface area contributed by atoms with E-state index in [0.29, 0.717) is 30.3 Å². The molecule has 1 aliphatic rings. The fourth-order valence-electron chi connectivity index (χ4n) is 1.70. The quantitative estimate of drug-likeness (QED) is 0.621. The highest BCUT2D eigenvalue weighted by Gasteiger charge is 2.20. The van der Waals surface area contributed by atoms with Crippen LogP contribution in [0.4, 0.5) is 0 Å². The average Bonchev–Trinajstić information content (AvgIpc) is 2.53. The summed E-state index contributed by atoms with van der Waals surface area (Å²) in [5.41, 5.74) is 0.813. The van der Waals surface area contributed by atoms with Gasteiger partial charge in [-0.1, -0.05) is 0 Å². The molecule has 1 heterocycles. The van der Waals surface area contributed by atoms with E-state index in [1.807, 2.05) is 0 Å². The first-order valence-electron chi connectivity index (χ1n) is 5.27. The second-order valence-corrected chi connectivity index (χ2v) is 3.81. The Bertz CT molecular complexity index is 478. The number of carboxylic acid groups (broad SMARTS) is 1. The number of rotatable bonds is 2. The Morgan fingerprint density at radius 3 is 2.65 bits per heavy atom. The van der Waals surface area contributed by atoms with Crippen LogP contribution in [0, 0.1) is 6.92 Å². The Morgan fingerprint density at radius 2 is 1.94 bits per heavy atom. The van der Waals surface area contributed by atoms with Crippen molar-refractivity contribution in [2.45, 2.75) is 13.3 Å². The van der Waals surface area contributed by atoms with Crippen LogP contribution in [0.5, 0.6) is 11.5 Å². The Balaban J connectivity index is 2.45. The summed E-state index contributed by atoms with van der Waals surface area (Å²) >= 11 is 0. The summed E-state index contributed by atoms with van der Waals surface area (Å²) in [4.78, 5) is 22.0. The van der Waals surface area contributed by atoms with Crippen molar-refractivity contribution >= 4 is 11.8 Å². The molecule has 0 unspecified atom stereocenters. The highest BCUT2D eigenvalue weighted by molar-refractivity contribution is 6.40. The van der Waals surface area contributed by atoms with Crippen LogP contribution in [0.1, 0.15) is 22.3 Å². The van der Waals surface area contributed by atoms with Crippen molar-refractivity contribution in [2.24, 2.45) is 0 Å². The van der Waals surface area contributed by atoms with Crippen LogP contribution < -0.4 is 9.47 Å². The Morgan fingerprint density at radius 1 is 1.24 bits per heavy atom. The lowest BCUT2D eigenvalue weighted by Gasteiger charge is -2.11. The number of carbonyl (C=O) groups excluding carboxylic acids is 1. The second kappa shape index (κ2) is 4.45. The molecule has 1 aromatic carbocycles. The molecule has 0 aromatic heterocycles. The third kappa shape index (κ3) is 2.22. The fourth-order valence-corrected chi connectivity index (χ4v) is 1.70. The van der Waals surface area contributed by atoms with E-state index in [1.54, 1.807) is 6.92 Å². The smallest absolute Gasteiger partial charge is 0.377 e. The molecule has 1 N–H and O–H groups in total. The maximum atomic E-state index is 11.4. The second-order valence-electron chi connectivity index (χ2n) is 3.81. The molecule has 0 amide bonds. The van der Waals surface area contributed by atoms with E-state index in [-0.39, 0.29) is 5.56 Å². The fraction of sp³-hybridized carbons (Fsp3) is 0.333. The van der Waals surface area contributed by atoms with Gasteiger partial charge in [-0.3, -0.25) is 4.79 Å².